The lowest BCUT2D eigenvalue weighted by Crippen LogP contribution is -2.34. The highest BCUT2D eigenvalue weighted by Crippen LogP contribution is 2.29. The highest BCUT2D eigenvalue weighted by molar-refractivity contribution is 9.11. The molecule has 0 aliphatic heterocycles. The van der Waals surface area contributed by atoms with Crippen LogP contribution < -0.4 is 0 Å². The minimum absolute atomic E-state index is 0.0453. The van der Waals surface area contributed by atoms with Gasteiger partial charge in [-0.2, -0.15) is 4.31 Å². The van der Waals surface area contributed by atoms with Crippen molar-refractivity contribution in [1.29, 1.82) is 0 Å². The molecule has 1 heterocycles. The summed E-state index contributed by atoms with van der Waals surface area (Å²) in [6, 6.07) is 3.38. The Hall–Kier alpha value is 0.0900. The summed E-state index contributed by atoms with van der Waals surface area (Å²) in [5.41, 5.74) is -0.0453. The maximum atomic E-state index is 12.1. The van der Waals surface area contributed by atoms with Crippen molar-refractivity contribution in [2.75, 3.05) is 13.6 Å². The highest BCUT2D eigenvalue weighted by atomic mass is 79.9. The average Bonchev–Trinajstić information content (AvgIpc) is 2.48. The second kappa shape index (κ2) is 4.76. The summed E-state index contributed by atoms with van der Waals surface area (Å²) in [4.78, 5) is 0. The van der Waals surface area contributed by atoms with Crippen LogP contribution >= 0.6 is 27.3 Å². The van der Waals surface area contributed by atoms with Gasteiger partial charge < -0.3 is 0 Å². The first kappa shape index (κ1) is 14.2. The van der Waals surface area contributed by atoms with Crippen LogP contribution in [0.2, 0.25) is 0 Å². The fourth-order valence-electron chi connectivity index (χ4n) is 1.34. The summed E-state index contributed by atoms with van der Waals surface area (Å²) in [5, 5.41) is 0. The SMILES string of the molecule is CN(CC(C)(C)C)S(=O)(=O)c1ccc(Br)s1. The van der Waals surface area contributed by atoms with Gasteiger partial charge in [-0.25, -0.2) is 8.42 Å². The molecule has 0 aliphatic carbocycles. The van der Waals surface area contributed by atoms with Crippen LogP contribution in [-0.4, -0.2) is 26.3 Å². The molecule has 0 saturated heterocycles. The van der Waals surface area contributed by atoms with Crippen LogP contribution in [0.25, 0.3) is 0 Å². The van der Waals surface area contributed by atoms with Gasteiger partial charge in [-0.05, 0) is 33.5 Å². The minimum Gasteiger partial charge on any atom is -0.206 e. The van der Waals surface area contributed by atoms with Gasteiger partial charge in [0.05, 0.1) is 3.79 Å². The molecule has 1 aromatic rings. The molecule has 0 unspecified atom stereocenters. The van der Waals surface area contributed by atoms with E-state index in [-0.39, 0.29) is 5.41 Å². The average molecular weight is 326 g/mol. The lowest BCUT2D eigenvalue weighted by atomic mass is 9.97. The topological polar surface area (TPSA) is 37.4 Å². The van der Waals surface area contributed by atoms with Crippen LogP contribution in [-0.2, 0) is 10.0 Å². The first-order chi connectivity index (χ1) is 7.13. The molecule has 1 rings (SSSR count). The predicted octanol–water partition coefficient (Wildman–Crippen LogP) is 3.18. The Kier molecular flexibility index (Phi) is 4.21. The van der Waals surface area contributed by atoms with Gasteiger partial charge in [0.1, 0.15) is 4.21 Å². The molecule has 0 N–H and O–H groups in total. The molecule has 0 radical (unpaired) electrons. The van der Waals surface area contributed by atoms with E-state index in [4.69, 9.17) is 0 Å². The number of rotatable bonds is 3. The largest absolute Gasteiger partial charge is 0.252 e. The summed E-state index contributed by atoms with van der Waals surface area (Å²) in [5.74, 6) is 0. The van der Waals surface area contributed by atoms with E-state index < -0.39 is 10.0 Å². The molecule has 3 nitrogen and oxygen atoms in total. The van der Waals surface area contributed by atoms with Crippen LogP contribution in [0.15, 0.2) is 20.1 Å². The molecular formula is C10H16BrNO2S2. The molecule has 92 valence electrons. The fraction of sp³-hybridized carbons (Fsp3) is 0.600. The summed E-state index contributed by atoms with van der Waals surface area (Å²) in [6.45, 7) is 6.56. The van der Waals surface area contributed by atoms with Crippen molar-refractivity contribution >= 4 is 37.3 Å². The smallest absolute Gasteiger partial charge is 0.206 e. The Morgan fingerprint density at radius 2 is 1.94 bits per heavy atom. The quantitative estimate of drug-likeness (QED) is 0.855. The monoisotopic (exact) mass is 325 g/mol. The molecule has 6 heteroatoms. The number of sulfonamides is 1. The van der Waals surface area contributed by atoms with E-state index in [1.807, 2.05) is 20.8 Å². The van der Waals surface area contributed by atoms with Crippen LogP contribution in [0.5, 0.6) is 0 Å². The van der Waals surface area contributed by atoms with Gasteiger partial charge in [-0.3, -0.25) is 0 Å². The normalized spacial score (nSPS) is 13.4. The van der Waals surface area contributed by atoms with E-state index in [2.05, 4.69) is 15.9 Å². The Bertz CT molecular complexity index is 459. The summed E-state index contributed by atoms with van der Waals surface area (Å²) >= 11 is 4.51. The molecular weight excluding hydrogens is 310 g/mol. The van der Waals surface area contributed by atoms with E-state index in [9.17, 15) is 8.42 Å². The van der Waals surface area contributed by atoms with Gasteiger partial charge in [-0.15, -0.1) is 11.3 Å². The molecule has 0 bridgehead atoms. The van der Waals surface area contributed by atoms with Crippen LogP contribution in [0.1, 0.15) is 20.8 Å². The molecule has 16 heavy (non-hydrogen) atoms. The van der Waals surface area contributed by atoms with Crippen molar-refractivity contribution in [3.05, 3.63) is 15.9 Å². The zero-order valence-electron chi connectivity index (χ0n) is 9.82. The first-order valence-corrected chi connectivity index (χ1v) is 7.89. The number of hydrogen-bond acceptors (Lipinski definition) is 3. The van der Waals surface area contributed by atoms with E-state index in [1.165, 1.54) is 15.6 Å². The summed E-state index contributed by atoms with van der Waals surface area (Å²) in [7, 11) is -1.71. The standard InChI is InChI=1S/C10H16BrNO2S2/c1-10(2,3)7-12(4)16(13,14)9-6-5-8(11)15-9/h5-6H,7H2,1-4H3. The highest BCUT2D eigenvalue weighted by Gasteiger charge is 2.26. The van der Waals surface area contributed by atoms with Crippen LogP contribution in [0.3, 0.4) is 0 Å². The lowest BCUT2D eigenvalue weighted by Gasteiger charge is -2.25. The molecule has 0 aliphatic rings. The third kappa shape index (κ3) is 3.55. The predicted molar refractivity (Wildman–Crippen MR) is 71.3 cm³/mol. The fourth-order valence-corrected chi connectivity index (χ4v) is 4.96. The van der Waals surface area contributed by atoms with E-state index in [0.29, 0.717) is 10.8 Å². The van der Waals surface area contributed by atoms with Gasteiger partial charge in [0.25, 0.3) is 10.0 Å². The maximum absolute atomic E-state index is 12.1. The van der Waals surface area contributed by atoms with E-state index >= 15 is 0 Å². The van der Waals surface area contributed by atoms with Crippen molar-refractivity contribution in [1.82, 2.24) is 4.31 Å². The number of nitrogens with zero attached hydrogens (tertiary/aromatic N) is 1. The Balaban J connectivity index is 2.95. The number of hydrogen-bond donors (Lipinski definition) is 0. The Morgan fingerprint density at radius 3 is 2.31 bits per heavy atom. The molecule has 0 fully saturated rings. The summed E-state index contributed by atoms with van der Waals surface area (Å²) in [6.07, 6.45) is 0. The van der Waals surface area contributed by atoms with Crippen molar-refractivity contribution in [3.63, 3.8) is 0 Å². The van der Waals surface area contributed by atoms with Crippen molar-refractivity contribution in [3.8, 4) is 0 Å². The lowest BCUT2D eigenvalue weighted by molar-refractivity contribution is 0.311. The molecule has 0 amide bonds. The Morgan fingerprint density at radius 1 is 1.38 bits per heavy atom. The third-order valence-electron chi connectivity index (χ3n) is 1.91. The molecule has 0 atom stereocenters. The second-order valence-corrected chi connectivity index (χ2v) is 9.62. The molecule has 0 spiro atoms. The Labute approximate surface area is 110 Å². The third-order valence-corrected chi connectivity index (χ3v) is 5.80. The van der Waals surface area contributed by atoms with E-state index in [1.54, 1.807) is 19.2 Å². The van der Waals surface area contributed by atoms with Crippen molar-refractivity contribution in [2.24, 2.45) is 5.41 Å². The maximum Gasteiger partial charge on any atom is 0.252 e. The van der Waals surface area contributed by atoms with Gasteiger partial charge in [0.15, 0.2) is 0 Å². The van der Waals surface area contributed by atoms with Crippen molar-refractivity contribution < 1.29 is 8.42 Å². The second-order valence-electron chi connectivity index (χ2n) is 4.88. The van der Waals surface area contributed by atoms with Gasteiger partial charge in [-0.1, -0.05) is 20.8 Å². The molecule has 1 aromatic heterocycles. The van der Waals surface area contributed by atoms with Gasteiger partial charge in [0.2, 0.25) is 0 Å². The molecule has 0 aromatic carbocycles. The van der Waals surface area contributed by atoms with Gasteiger partial charge in [0, 0.05) is 13.6 Å². The van der Waals surface area contributed by atoms with Crippen LogP contribution in [0, 0.1) is 5.41 Å². The number of thiophene rings is 1. The number of halogens is 1. The molecule has 0 saturated carbocycles. The first-order valence-electron chi connectivity index (χ1n) is 4.84. The summed E-state index contributed by atoms with van der Waals surface area (Å²) < 4.78 is 26.9. The zero-order chi connectivity index (χ0) is 12.6. The zero-order valence-corrected chi connectivity index (χ0v) is 13.0. The van der Waals surface area contributed by atoms with Crippen LogP contribution in [0.4, 0.5) is 0 Å². The van der Waals surface area contributed by atoms with Crippen molar-refractivity contribution in [2.45, 2.75) is 25.0 Å². The minimum atomic E-state index is -3.33. The van der Waals surface area contributed by atoms with Gasteiger partial charge >= 0.3 is 0 Å². The van der Waals surface area contributed by atoms with E-state index in [0.717, 1.165) is 3.79 Å².